The van der Waals surface area contributed by atoms with Crippen molar-refractivity contribution in [3.63, 3.8) is 0 Å². The van der Waals surface area contributed by atoms with Gasteiger partial charge < -0.3 is 15.6 Å². The standard InChI is InChI=1S/C16H19N7O/c1-4-17-14(24)16(2,3)23-15-21-9-20-13(22-15)11-8-19-12-10(11)6-5-7-18-12/h5-9H,4H2,1-3H3,(H,17,24)(H,18,19)(H,20,21,22,23). The lowest BCUT2D eigenvalue weighted by Gasteiger charge is -2.24. The molecule has 0 aromatic carbocycles. The number of H-pyrrole nitrogens is 1. The predicted molar refractivity (Wildman–Crippen MR) is 91.3 cm³/mol. The number of anilines is 1. The Morgan fingerprint density at radius 2 is 2.12 bits per heavy atom. The van der Waals surface area contributed by atoms with E-state index >= 15 is 0 Å². The number of aromatic amines is 1. The van der Waals surface area contributed by atoms with E-state index in [0.717, 1.165) is 16.6 Å². The molecule has 3 heterocycles. The second-order valence-electron chi connectivity index (χ2n) is 5.84. The maximum atomic E-state index is 12.1. The number of fused-ring (bicyclic) bond motifs is 1. The van der Waals surface area contributed by atoms with Gasteiger partial charge in [0.05, 0.1) is 0 Å². The van der Waals surface area contributed by atoms with Crippen LogP contribution < -0.4 is 10.6 Å². The first kappa shape index (κ1) is 15.9. The molecule has 1 amide bonds. The summed E-state index contributed by atoms with van der Waals surface area (Å²) in [6.45, 7) is 5.99. The first-order valence-corrected chi connectivity index (χ1v) is 7.69. The number of nitrogens with zero attached hydrogens (tertiary/aromatic N) is 4. The van der Waals surface area contributed by atoms with Gasteiger partial charge in [0.25, 0.3) is 0 Å². The Hall–Kier alpha value is -3.03. The maximum absolute atomic E-state index is 12.1. The number of likely N-dealkylation sites (N-methyl/N-ethyl adjacent to an activating group) is 1. The molecule has 0 aliphatic carbocycles. The molecule has 24 heavy (non-hydrogen) atoms. The Balaban J connectivity index is 1.91. The van der Waals surface area contributed by atoms with Crippen molar-refractivity contribution in [2.75, 3.05) is 11.9 Å². The molecule has 124 valence electrons. The van der Waals surface area contributed by atoms with Crippen LogP contribution in [0.1, 0.15) is 20.8 Å². The van der Waals surface area contributed by atoms with E-state index < -0.39 is 5.54 Å². The smallest absolute Gasteiger partial charge is 0.245 e. The van der Waals surface area contributed by atoms with Crippen LogP contribution in [-0.4, -0.2) is 42.9 Å². The Labute approximate surface area is 139 Å². The summed E-state index contributed by atoms with van der Waals surface area (Å²) in [4.78, 5) is 32.2. The first-order chi connectivity index (χ1) is 11.5. The zero-order chi connectivity index (χ0) is 17.2. The van der Waals surface area contributed by atoms with E-state index in [-0.39, 0.29) is 5.91 Å². The van der Waals surface area contributed by atoms with Crippen molar-refractivity contribution in [2.24, 2.45) is 0 Å². The molecule has 0 aliphatic heterocycles. The van der Waals surface area contributed by atoms with Crippen LogP contribution in [0.4, 0.5) is 5.95 Å². The van der Waals surface area contributed by atoms with Crippen molar-refractivity contribution in [2.45, 2.75) is 26.3 Å². The van der Waals surface area contributed by atoms with Crippen molar-refractivity contribution in [1.29, 1.82) is 0 Å². The number of carbonyl (C=O) groups excluding carboxylic acids is 1. The number of hydrogen-bond acceptors (Lipinski definition) is 6. The molecule has 0 saturated heterocycles. The zero-order valence-corrected chi connectivity index (χ0v) is 13.8. The summed E-state index contributed by atoms with van der Waals surface area (Å²) in [6, 6.07) is 3.81. The maximum Gasteiger partial charge on any atom is 0.245 e. The summed E-state index contributed by atoms with van der Waals surface area (Å²) in [5.41, 5.74) is 0.764. The molecule has 0 radical (unpaired) electrons. The van der Waals surface area contributed by atoms with Crippen LogP contribution in [0.25, 0.3) is 22.4 Å². The molecular weight excluding hydrogens is 306 g/mol. The minimum Gasteiger partial charge on any atom is -0.354 e. The second kappa shape index (κ2) is 6.23. The van der Waals surface area contributed by atoms with Gasteiger partial charge in [-0.15, -0.1) is 0 Å². The molecule has 3 N–H and O–H groups in total. The van der Waals surface area contributed by atoms with Crippen LogP contribution in [0, 0.1) is 0 Å². The van der Waals surface area contributed by atoms with E-state index in [1.54, 1.807) is 20.0 Å². The third-order valence-corrected chi connectivity index (χ3v) is 3.59. The number of aromatic nitrogens is 5. The van der Waals surface area contributed by atoms with Gasteiger partial charge in [-0.1, -0.05) is 0 Å². The van der Waals surface area contributed by atoms with Gasteiger partial charge in [0.15, 0.2) is 5.82 Å². The normalized spacial score (nSPS) is 11.5. The third kappa shape index (κ3) is 3.03. The van der Waals surface area contributed by atoms with Crippen molar-refractivity contribution >= 4 is 22.9 Å². The largest absolute Gasteiger partial charge is 0.354 e. The highest BCUT2D eigenvalue weighted by molar-refractivity contribution is 5.91. The summed E-state index contributed by atoms with van der Waals surface area (Å²) in [6.07, 6.45) is 4.96. The highest BCUT2D eigenvalue weighted by Gasteiger charge is 2.28. The summed E-state index contributed by atoms with van der Waals surface area (Å²) in [5, 5.41) is 6.77. The highest BCUT2D eigenvalue weighted by Crippen LogP contribution is 2.25. The summed E-state index contributed by atoms with van der Waals surface area (Å²) in [7, 11) is 0. The van der Waals surface area contributed by atoms with E-state index in [1.165, 1.54) is 6.33 Å². The fourth-order valence-corrected chi connectivity index (χ4v) is 2.35. The monoisotopic (exact) mass is 325 g/mol. The number of rotatable bonds is 5. The lowest BCUT2D eigenvalue weighted by Crippen LogP contribution is -2.48. The number of carbonyl (C=O) groups is 1. The third-order valence-electron chi connectivity index (χ3n) is 3.59. The summed E-state index contributed by atoms with van der Waals surface area (Å²) < 4.78 is 0. The minimum atomic E-state index is -0.837. The molecule has 0 fully saturated rings. The van der Waals surface area contributed by atoms with Gasteiger partial charge >= 0.3 is 0 Å². The van der Waals surface area contributed by atoms with Crippen LogP contribution in [0.3, 0.4) is 0 Å². The predicted octanol–water partition coefficient (Wildman–Crippen LogP) is 1.74. The van der Waals surface area contributed by atoms with Crippen LogP contribution in [0.15, 0.2) is 30.9 Å². The van der Waals surface area contributed by atoms with Gasteiger partial charge in [0.1, 0.15) is 17.5 Å². The van der Waals surface area contributed by atoms with Crippen LogP contribution in [0.5, 0.6) is 0 Å². The van der Waals surface area contributed by atoms with Crippen molar-refractivity contribution in [1.82, 2.24) is 30.2 Å². The number of pyridine rings is 1. The average Bonchev–Trinajstić information content (AvgIpc) is 2.99. The van der Waals surface area contributed by atoms with E-state index in [1.807, 2.05) is 25.3 Å². The Kier molecular flexibility index (Phi) is 4.11. The zero-order valence-electron chi connectivity index (χ0n) is 13.8. The SMILES string of the molecule is CCNC(=O)C(C)(C)Nc1ncnc(-c2c[nH]c3ncccc23)n1. The van der Waals surface area contributed by atoms with Crippen LogP contribution in [0.2, 0.25) is 0 Å². The van der Waals surface area contributed by atoms with Gasteiger partial charge in [-0.3, -0.25) is 4.79 Å². The molecule has 0 aliphatic rings. The Morgan fingerprint density at radius 1 is 1.29 bits per heavy atom. The van der Waals surface area contributed by atoms with Crippen molar-refractivity contribution in [3.05, 3.63) is 30.9 Å². The fourth-order valence-electron chi connectivity index (χ4n) is 2.35. The van der Waals surface area contributed by atoms with Crippen molar-refractivity contribution < 1.29 is 4.79 Å². The van der Waals surface area contributed by atoms with Gasteiger partial charge in [-0.25, -0.2) is 15.0 Å². The molecule has 0 unspecified atom stereocenters. The van der Waals surface area contributed by atoms with Crippen LogP contribution in [-0.2, 0) is 4.79 Å². The molecule has 0 atom stereocenters. The molecule has 3 rings (SSSR count). The minimum absolute atomic E-state index is 0.122. The summed E-state index contributed by atoms with van der Waals surface area (Å²) >= 11 is 0. The lowest BCUT2D eigenvalue weighted by molar-refractivity contribution is -0.124. The Morgan fingerprint density at radius 3 is 2.92 bits per heavy atom. The lowest BCUT2D eigenvalue weighted by atomic mass is 10.1. The van der Waals surface area contributed by atoms with Gasteiger partial charge in [-0.05, 0) is 32.9 Å². The molecule has 3 aromatic rings. The van der Waals surface area contributed by atoms with E-state index in [4.69, 9.17) is 0 Å². The van der Waals surface area contributed by atoms with Gasteiger partial charge in [0, 0.05) is 29.9 Å². The second-order valence-corrected chi connectivity index (χ2v) is 5.84. The van der Waals surface area contributed by atoms with E-state index in [0.29, 0.717) is 18.3 Å². The van der Waals surface area contributed by atoms with Gasteiger partial charge in [-0.2, -0.15) is 4.98 Å². The quantitative estimate of drug-likeness (QED) is 0.659. The van der Waals surface area contributed by atoms with Crippen molar-refractivity contribution in [3.8, 4) is 11.4 Å². The highest BCUT2D eigenvalue weighted by atomic mass is 16.2. The molecule has 8 nitrogen and oxygen atoms in total. The number of hydrogen-bond donors (Lipinski definition) is 3. The molecule has 3 aromatic heterocycles. The van der Waals surface area contributed by atoms with Crippen LogP contribution >= 0.6 is 0 Å². The molecule has 0 spiro atoms. The molecule has 0 saturated carbocycles. The molecule has 0 bridgehead atoms. The topological polar surface area (TPSA) is 108 Å². The van der Waals surface area contributed by atoms with E-state index in [9.17, 15) is 4.79 Å². The first-order valence-electron chi connectivity index (χ1n) is 7.69. The van der Waals surface area contributed by atoms with E-state index in [2.05, 4.69) is 35.6 Å². The Bertz CT molecular complexity index is 871. The molecular formula is C16H19N7O. The summed E-state index contributed by atoms with van der Waals surface area (Å²) in [5.74, 6) is 0.733. The number of amides is 1. The average molecular weight is 325 g/mol. The van der Waals surface area contributed by atoms with Gasteiger partial charge in [0.2, 0.25) is 11.9 Å². The number of nitrogens with one attached hydrogen (secondary N) is 3. The fraction of sp³-hybridized carbons (Fsp3) is 0.312. The molecule has 8 heteroatoms.